The highest BCUT2D eigenvalue weighted by molar-refractivity contribution is 9.10. The van der Waals surface area contributed by atoms with Gasteiger partial charge in [-0.3, -0.25) is 0 Å². The number of ether oxygens (including phenoxy) is 1. The van der Waals surface area contributed by atoms with Gasteiger partial charge in [-0.1, -0.05) is 28.1 Å². The molecule has 2 heterocycles. The molecule has 0 bridgehead atoms. The van der Waals surface area contributed by atoms with E-state index in [1.54, 1.807) is 13.3 Å². The molecule has 3 rings (SSSR count). The molecule has 1 aromatic carbocycles. The van der Waals surface area contributed by atoms with E-state index in [9.17, 15) is 0 Å². The number of nitrogens with one attached hydrogen (secondary N) is 1. The summed E-state index contributed by atoms with van der Waals surface area (Å²) in [4.78, 5) is 13.2. The predicted molar refractivity (Wildman–Crippen MR) is 94.8 cm³/mol. The number of rotatable bonds is 4. The number of anilines is 1. The molecule has 118 valence electrons. The number of aromatic nitrogens is 3. The Morgan fingerprint density at radius 2 is 2.04 bits per heavy atom. The number of fused-ring (bicyclic) bond motifs is 1. The molecule has 0 spiro atoms. The van der Waals surface area contributed by atoms with E-state index in [-0.39, 0.29) is 6.04 Å². The van der Waals surface area contributed by atoms with Crippen molar-refractivity contribution < 1.29 is 4.74 Å². The second-order valence-electron chi connectivity index (χ2n) is 5.28. The number of hydrogen-bond donors (Lipinski definition) is 1. The van der Waals surface area contributed by atoms with Crippen LogP contribution < -0.4 is 10.1 Å². The lowest BCUT2D eigenvalue weighted by molar-refractivity contribution is 0.398. The van der Waals surface area contributed by atoms with Crippen LogP contribution in [0.15, 0.2) is 41.0 Å². The molecule has 1 N–H and O–H groups in total. The molecule has 3 aromatic rings. The Balaban J connectivity index is 2.01. The zero-order chi connectivity index (χ0) is 16.4. The van der Waals surface area contributed by atoms with Crippen molar-refractivity contribution in [1.29, 1.82) is 0 Å². The predicted octanol–water partition coefficient (Wildman–Crippen LogP) is 4.28. The minimum absolute atomic E-state index is 0.101. The maximum Gasteiger partial charge on any atom is 0.213 e. The molecule has 5 nitrogen and oxygen atoms in total. The Hall–Kier alpha value is -2.21. The molecule has 0 fully saturated rings. The zero-order valence-corrected chi connectivity index (χ0v) is 14.8. The molecule has 23 heavy (non-hydrogen) atoms. The summed E-state index contributed by atoms with van der Waals surface area (Å²) < 4.78 is 6.27. The van der Waals surface area contributed by atoms with Crippen LogP contribution in [0, 0.1) is 6.92 Å². The van der Waals surface area contributed by atoms with Gasteiger partial charge in [0.05, 0.1) is 24.9 Å². The number of nitrogens with zero attached hydrogens (tertiary/aromatic N) is 3. The van der Waals surface area contributed by atoms with Crippen LogP contribution in [0.5, 0.6) is 5.88 Å². The molecular weight excluding hydrogens is 356 g/mol. The van der Waals surface area contributed by atoms with Gasteiger partial charge in [-0.15, -0.1) is 0 Å². The SMILES string of the molecule is COc1cc2c(N[C@H](C)c3cccc(Br)c3)nc(C)nc2cn1. The van der Waals surface area contributed by atoms with Gasteiger partial charge in [0.25, 0.3) is 0 Å². The van der Waals surface area contributed by atoms with Crippen LogP contribution in [0.4, 0.5) is 5.82 Å². The van der Waals surface area contributed by atoms with Gasteiger partial charge in [0, 0.05) is 15.9 Å². The summed E-state index contributed by atoms with van der Waals surface area (Å²) in [5.74, 6) is 2.03. The van der Waals surface area contributed by atoms with Gasteiger partial charge in [-0.05, 0) is 31.5 Å². The molecule has 0 aliphatic heterocycles. The summed E-state index contributed by atoms with van der Waals surface area (Å²) in [7, 11) is 1.60. The van der Waals surface area contributed by atoms with E-state index in [0.29, 0.717) is 11.7 Å². The Labute approximate surface area is 143 Å². The van der Waals surface area contributed by atoms with Crippen LogP contribution in [0.3, 0.4) is 0 Å². The normalized spacial score (nSPS) is 12.2. The van der Waals surface area contributed by atoms with Crippen LogP contribution >= 0.6 is 15.9 Å². The zero-order valence-electron chi connectivity index (χ0n) is 13.2. The average Bonchev–Trinajstić information content (AvgIpc) is 2.54. The molecule has 0 saturated carbocycles. The summed E-state index contributed by atoms with van der Waals surface area (Å²) in [6, 6.07) is 10.2. The minimum Gasteiger partial charge on any atom is -0.481 e. The van der Waals surface area contributed by atoms with Crippen molar-refractivity contribution in [2.45, 2.75) is 19.9 Å². The number of hydrogen-bond acceptors (Lipinski definition) is 5. The van der Waals surface area contributed by atoms with Crippen molar-refractivity contribution in [3.63, 3.8) is 0 Å². The fourth-order valence-electron chi connectivity index (χ4n) is 2.42. The van der Waals surface area contributed by atoms with E-state index in [2.05, 4.69) is 55.3 Å². The van der Waals surface area contributed by atoms with Crippen molar-refractivity contribution >= 4 is 32.7 Å². The Morgan fingerprint density at radius 3 is 2.78 bits per heavy atom. The Morgan fingerprint density at radius 1 is 1.22 bits per heavy atom. The first-order chi connectivity index (χ1) is 11.1. The largest absolute Gasteiger partial charge is 0.481 e. The molecule has 6 heteroatoms. The van der Waals surface area contributed by atoms with Crippen LogP contribution in [-0.4, -0.2) is 22.1 Å². The lowest BCUT2D eigenvalue weighted by atomic mass is 10.1. The highest BCUT2D eigenvalue weighted by Gasteiger charge is 2.12. The van der Waals surface area contributed by atoms with Crippen LogP contribution in [0.2, 0.25) is 0 Å². The lowest BCUT2D eigenvalue weighted by Crippen LogP contribution is -2.09. The summed E-state index contributed by atoms with van der Waals surface area (Å²) in [5, 5.41) is 4.36. The molecule has 0 amide bonds. The standard InChI is InChI=1S/C17H17BrN4O/c1-10(12-5-4-6-13(18)7-12)20-17-14-8-16(23-3)19-9-15(14)21-11(2)22-17/h4-10H,1-3H3,(H,20,21,22)/t10-/m1/s1. The molecule has 0 aliphatic carbocycles. The topological polar surface area (TPSA) is 59.9 Å². The fourth-order valence-corrected chi connectivity index (χ4v) is 2.83. The number of halogens is 1. The maximum absolute atomic E-state index is 5.21. The minimum atomic E-state index is 0.101. The third-order valence-electron chi connectivity index (χ3n) is 3.58. The van der Waals surface area contributed by atoms with Gasteiger partial charge < -0.3 is 10.1 Å². The first-order valence-electron chi connectivity index (χ1n) is 7.27. The van der Waals surface area contributed by atoms with E-state index in [4.69, 9.17) is 4.74 Å². The third-order valence-corrected chi connectivity index (χ3v) is 4.07. The first kappa shape index (κ1) is 15.7. The third kappa shape index (κ3) is 3.42. The lowest BCUT2D eigenvalue weighted by Gasteiger charge is -2.17. The van der Waals surface area contributed by atoms with E-state index in [1.165, 1.54) is 5.56 Å². The van der Waals surface area contributed by atoms with Gasteiger partial charge in [0.15, 0.2) is 0 Å². The van der Waals surface area contributed by atoms with Crippen molar-refractivity contribution in [2.75, 3.05) is 12.4 Å². The monoisotopic (exact) mass is 372 g/mol. The second kappa shape index (κ2) is 6.50. The van der Waals surface area contributed by atoms with Gasteiger partial charge in [0.1, 0.15) is 11.6 Å². The molecule has 1 atom stereocenters. The molecule has 0 unspecified atom stereocenters. The van der Waals surface area contributed by atoms with Crippen molar-refractivity contribution in [2.24, 2.45) is 0 Å². The van der Waals surface area contributed by atoms with Crippen LogP contribution in [0.25, 0.3) is 10.9 Å². The van der Waals surface area contributed by atoms with E-state index in [0.717, 1.165) is 21.2 Å². The number of methoxy groups -OCH3 is 1. The summed E-state index contributed by atoms with van der Waals surface area (Å²) in [6.07, 6.45) is 1.71. The van der Waals surface area contributed by atoms with Gasteiger partial charge in [0.2, 0.25) is 5.88 Å². The van der Waals surface area contributed by atoms with Crippen LogP contribution in [0.1, 0.15) is 24.4 Å². The fraction of sp³-hybridized carbons (Fsp3) is 0.235. The average molecular weight is 373 g/mol. The molecule has 0 saturated heterocycles. The number of aryl methyl sites for hydroxylation is 1. The van der Waals surface area contributed by atoms with E-state index in [1.807, 2.05) is 25.1 Å². The van der Waals surface area contributed by atoms with E-state index < -0.39 is 0 Å². The maximum atomic E-state index is 5.21. The molecule has 0 aliphatic rings. The summed E-state index contributed by atoms with van der Waals surface area (Å²) in [5.41, 5.74) is 1.96. The van der Waals surface area contributed by atoms with E-state index >= 15 is 0 Å². The van der Waals surface area contributed by atoms with Crippen molar-refractivity contribution in [3.05, 3.63) is 52.4 Å². The highest BCUT2D eigenvalue weighted by Crippen LogP contribution is 2.27. The quantitative estimate of drug-likeness (QED) is 0.740. The Bertz CT molecular complexity index is 853. The molecule has 0 radical (unpaired) electrons. The smallest absolute Gasteiger partial charge is 0.213 e. The van der Waals surface area contributed by atoms with Crippen molar-refractivity contribution in [3.8, 4) is 5.88 Å². The van der Waals surface area contributed by atoms with Gasteiger partial charge in [-0.2, -0.15) is 0 Å². The van der Waals surface area contributed by atoms with Crippen LogP contribution in [-0.2, 0) is 0 Å². The highest BCUT2D eigenvalue weighted by atomic mass is 79.9. The van der Waals surface area contributed by atoms with Gasteiger partial charge in [-0.25, -0.2) is 15.0 Å². The summed E-state index contributed by atoms with van der Waals surface area (Å²) >= 11 is 3.51. The number of benzene rings is 1. The summed E-state index contributed by atoms with van der Waals surface area (Å²) in [6.45, 7) is 3.97. The first-order valence-corrected chi connectivity index (χ1v) is 8.06. The van der Waals surface area contributed by atoms with Gasteiger partial charge >= 0.3 is 0 Å². The van der Waals surface area contributed by atoms with Crippen molar-refractivity contribution in [1.82, 2.24) is 15.0 Å². The molecular formula is C17H17BrN4O. The second-order valence-corrected chi connectivity index (χ2v) is 6.20. The molecule has 2 aromatic heterocycles. The number of pyridine rings is 1. The Kier molecular flexibility index (Phi) is 4.43.